The molecule has 0 saturated carbocycles. The molecule has 0 aliphatic carbocycles. The Morgan fingerprint density at radius 3 is 3.05 bits per heavy atom. The number of hydrogen-bond acceptors (Lipinski definition) is 5. The number of carbonyl (C=O) groups is 1. The highest BCUT2D eigenvalue weighted by Crippen LogP contribution is 2.31. The summed E-state index contributed by atoms with van der Waals surface area (Å²) in [6.07, 6.45) is 0.878. The second kappa shape index (κ2) is 6.12. The molecular formula is C13H17ClN2O3. The van der Waals surface area contributed by atoms with E-state index in [0.29, 0.717) is 41.8 Å². The van der Waals surface area contributed by atoms with Gasteiger partial charge in [-0.3, -0.25) is 0 Å². The predicted octanol–water partition coefficient (Wildman–Crippen LogP) is 2.30. The number of nitrogens with one attached hydrogen (secondary N) is 1. The van der Waals surface area contributed by atoms with Crippen molar-refractivity contribution in [3.05, 3.63) is 22.7 Å². The van der Waals surface area contributed by atoms with Crippen molar-refractivity contribution in [2.24, 2.45) is 0 Å². The second-order valence-corrected chi connectivity index (χ2v) is 4.76. The van der Waals surface area contributed by atoms with Crippen molar-refractivity contribution in [1.29, 1.82) is 0 Å². The van der Waals surface area contributed by atoms with Crippen LogP contribution in [0.5, 0.6) is 0 Å². The summed E-state index contributed by atoms with van der Waals surface area (Å²) in [6, 6.07) is 3.33. The Morgan fingerprint density at radius 2 is 2.42 bits per heavy atom. The zero-order valence-corrected chi connectivity index (χ0v) is 11.5. The molecule has 1 aliphatic rings. The van der Waals surface area contributed by atoms with Gasteiger partial charge >= 0.3 is 5.97 Å². The van der Waals surface area contributed by atoms with Crippen molar-refractivity contribution < 1.29 is 14.3 Å². The van der Waals surface area contributed by atoms with Gasteiger partial charge in [0, 0.05) is 12.3 Å². The Labute approximate surface area is 117 Å². The van der Waals surface area contributed by atoms with E-state index in [0.717, 1.165) is 6.42 Å². The zero-order chi connectivity index (χ0) is 13.8. The van der Waals surface area contributed by atoms with Gasteiger partial charge in [-0.15, -0.1) is 0 Å². The highest BCUT2D eigenvalue weighted by Gasteiger charge is 2.22. The van der Waals surface area contributed by atoms with Gasteiger partial charge in [-0.05, 0) is 25.5 Å². The number of ether oxygens (including phenoxy) is 2. The second-order valence-electron chi connectivity index (χ2n) is 4.35. The van der Waals surface area contributed by atoms with Gasteiger partial charge in [0.05, 0.1) is 35.5 Å². The lowest BCUT2D eigenvalue weighted by atomic mass is 10.1. The smallest absolute Gasteiger partial charge is 0.340 e. The minimum Gasteiger partial charge on any atom is -0.462 e. The number of carbonyl (C=O) groups excluding carboxylic acids is 1. The third-order valence-electron chi connectivity index (χ3n) is 2.89. The fourth-order valence-electron chi connectivity index (χ4n) is 2.00. The predicted molar refractivity (Wildman–Crippen MR) is 74.7 cm³/mol. The van der Waals surface area contributed by atoms with Crippen LogP contribution in [0.25, 0.3) is 0 Å². The maximum atomic E-state index is 11.9. The lowest BCUT2D eigenvalue weighted by Crippen LogP contribution is -2.21. The number of benzene rings is 1. The summed E-state index contributed by atoms with van der Waals surface area (Å²) in [5.74, 6) is -0.432. The molecule has 3 N–H and O–H groups in total. The molecule has 5 nitrogen and oxygen atoms in total. The van der Waals surface area contributed by atoms with E-state index in [1.165, 1.54) is 0 Å². The van der Waals surface area contributed by atoms with Gasteiger partial charge in [0.1, 0.15) is 0 Å². The number of nitrogen functional groups attached to an aromatic ring is 1. The molecule has 6 heteroatoms. The highest BCUT2D eigenvalue weighted by atomic mass is 35.5. The average Bonchev–Trinajstić information content (AvgIpc) is 2.85. The highest BCUT2D eigenvalue weighted by molar-refractivity contribution is 6.34. The summed E-state index contributed by atoms with van der Waals surface area (Å²) in [5.41, 5.74) is 7.08. The van der Waals surface area contributed by atoms with Gasteiger partial charge in [0.15, 0.2) is 0 Å². The number of hydrogen-bond donors (Lipinski definition) is 2. The molecule has 19 heavy (non-hydrogen) atoms. The van der Waals surface area contributed by atoms with Crippen LogP contribution in [0, 0.1) is 0 Å². The first kappa shape index (κ1) is 14.0. The van der Waals surface area contributed by atoms with Crippen molar-refractivity contribution in [1.82, 2.24) is 0 Å². The zero-order valence-electron chi connectivity index (χ0n) is 10.7. The van der Waals surface area contributed by atoms with Crippen LogP contribution in [-0.4, -0.2) is 31.8 Å². The van der Waals surface area contributed by atoms with Crippen LogP contribution in [0.4, 0.5) is 11.4 Å². The molecule has 1 unspecified atom stereocenters. The largest absolute Gasteiger partial charge is 0.462 e. The molecule has 1 aromatic carbocycles. The Hall–Kier alpha value is -1.46. The summed E-state index contributed by atoms with van der Waals surface area (Å²) in [7, 11) is 0. The summed E-state index contributed by atoms with van der Waals surface area (Å²) < 4.78 is 10.3. The van der Waals surface area contributed by atoms with Crippen LogP contribution in [0.2, 0.25) is 5.02 Å². The average molecular weight is 285 g/mol. The fraction of sp³-hybridized carbons (Fsp3) is 0.462. The lowest BCUT2D eigenvalue weighted by Gasteiger charge is -2.17. The van der Waals surface area contributed by atoms with Crippen molar-refractivity contribution >= 4 is 28.9 Å². The number of rotatable bonds is 4. The van der Waals surface area contributed by atoms with E-state index in [-0.39, 0.29) is 6.04 Å². The molecule has 1 aliphatic heterocycles. The minimum atomic E-state index is -0.432. The van der Waals surface area contributed by atoms with Crippen LogP contribution < -0.4 is 11.1 Å². The van der Waals surface area contributed by atoms with E-state index in [2.05, 4.69) is 5.32 Å². The van der Waals surface area contributed by atoms with E-state index in [1.54, 1.807) is 19.1 Å². The van der Waals surface area contributed by atoms with E-state index < -0.39 is 5.97 Å². The molecule has 0 aromatic heterocycles. The first-order chi connectivity index (χ1) is 9.11. The maximum absolute atomic E-state index is 11.9. The van der Waals surface area contributed by atoms with Crippen LogP contribution in [-0.2, 0) is 9.47 Å². The summed E-state index contributed by atoms with van der Waals surface area (Å²) in [4.78, 5) is 11.9. The molecule has 1 saturated heterocycles. The monoisotopic (exact) mass is 284 g/mol. The molecule has 2 rings (SSSR count). The van der Waals surface area contributed by atoms with E-state index in [4.69, 9.17) is 26.8 Å². The van der Waals surface area contributed by atoms with E-state index >= 15 is 0 Å². The molecule has 1 heterocycles. The summed E-state index contributed by atoms with van der Waals surface area (Å²) in [6.45, 7) is 3.36. The minimum absolute atomic E-state index is 0.148. The standard InChI is InChI=1S/C13H17ClN2O3/c1-2-19-13(17)10-5-8(15)6-11(14)12(10)16-9-3-4-18-7-9/h5-6,9,16H,2-4,7,15H2,1H3. The maximum Gasteiger partial charge on any atom is 0.340 e. The summed E-state index contributed by atoms with van der Waals surface area (Å²) >= 11 is 6.17. The van der Waals surface area contributed by atoms with Gasteiger partial charge in [0.2, 0.25) is 0 Å². The normalized spacial score (nSPS) is 18.3. The third kappa shape index (κ3) is 3.30. The number of halogens is 1. The third-order valence-corrected chi connectivity index (χ3v) is 3.18. The topological polar surface area (TPSA) is 73.6 Å². The lowest BCUT2D eigenvalue weighted by molar-refractivity contribution is 0.0527. The van der Waals surface area contributed by atoms with Gasteiger partial charge in [0.25, 0.3) is 0 Å². The van der Waals surface area contributed by atoms with Crippen LogP contribution in [0.1, 0.15) is 23.7 Å². The fourth-order valence-corrected chi connectivity index (χ4v) is 2.28. The molecule has 104 valence electrons. The molecule has 0 bridgehead atoms. The quantitative estimate of drug-likeness (QED) is 0.655. The number of esters is 1. The van der Waals surface area contributed by atoms with Crippen LogP contribution in [0.15, 0.2) is 12.1 Å². The van der Waals surface area contributed by atoms with Crippen molar-refractivity contribution in [3.8, 4) is 0 Å². The molecule has 1 atom stereocenters. The Bertz CT molecular complexity index is 473. The molecule has 0 amide bonds. The first-order valence-electron chi connectivity index (χ1n) is 6.22. The number of anilines is 2. The molecule has 1 fully saturated rings. The van der Waals surface area contributed by atoms with Crippen molar-refractivity contribution in [2.45, 2.75) is 19.4 Å². The molecule has 0 spiro atoms. The summed E-state index contributed by atoms with van der Waals surface area (Å²) in [5, 5.41) is 3.64. The van der Waals surface area contributed by atoms with Crippen LogP contribution >= 0.6 is 11.6 Å². The van der Waals surface area contributed by atoms with Gasteiger partial charge in [-0.1, -0.05) is 11.6 Å². The first-order valence-corrected chi connectivity index (χ1v) is 6.60. The molecular weight excluding hydrogens is 268 g/mol. The Balaban J connectivity index is 2.30. The SMILES string of the molecule is CCOC(=O)c1cc(N)cc(Cl)c1NC1CCOC1. The number of nitrogens with two attached hydrogens (primary N) is 1. The van der Waals surface area contributed by atoms with Gasteiger partial charge in [-0.25, -0.2) is 4.79 Å². The Kier molecular flexibility index (Phi) is 4.50. The van der Waals surface area contributed by atoms with Crippen molar-refractivity contribution in [2.75, 3.05) is 30.9 Å². The van der Waals surface area contributed by atoms with Crippen LogP contribution in [0.3, 0.4) is 0 Å². The van der Waals surface area contributed by atoms with E-state index in [1.807, 2.05) is 0 Å². The molecule has 0 radical (unpaired) electrons. The van der Waals surface area contributed by atoms with Gasteiger partial charge < -0.3 is 20.5 Å². The van der Waals surface area contributed by atoms with Gasteiger partial charge in [-0.2, -0.15) is 0 Å². The van der Waals surface area contributed by atoms with Crippen molar-refractivity contribution in [3.63, 3.8) is 0 Å². The van der Waals surface area contributed by atoms with E-state index in [9.17, 15) is 4.79 Å². The molecule has 1 aromatic rings. The Morgan fingerprint density at radius 1 is 1.63 bits per heavy atom.